The number of rotatable bonds is 7. The van der Waals surface area contributed by atoms with Crippen molar-refractivity contribution in [2.24, 2.45) is 10.3 Å². The highest BCUT2D eigenvalue weighted by Gasteiger charge is 2.21. The van der Waals surface area contributed by atoms with Gasteiger partial charge in [0.05, 0.1) is 5.69 Å². The van der Waals surface area contributed by atoms with E-state index in [0.717, 1.165) is 21.8 Å². The number of oxime groups is 2. The second-order valence-electron chi connectivity index (χ2n) is 6.22. The Kier molecular flexibility index (Phi) is 6.56. The molecule has 0 spiro atoms. The first kappa shape index (κ1) is 20.3. The van der Waals surface area contributed by atoms with Crippen LogP contribution in [0.5, 0.6) is 0 Å². The minimum Gasteiger partial charge on any atom is -0.470 e. The molecule has 2 aromatic carbocycles. The van der Waals surface area contributed by atoms with Crippen molar-refractivity contribution in [1.82, 2.24) is 9.78 Å². The number of hydrogen-bond acceptors (Lipinski definition) is 7. The zero-order chi connectivity index (χ0) is 20.8. The number of ether oxygens (including phenoxy) is 1. The van der Waals surface area contributed by atoms with Crippen LogP contribution in [0.15, 0.2) is 76.1 Å². The van der Waals surface area contributed by atoms with Crippen LogP contribution in [0.1, 0.15) is 11.1 Å². The average molecular weight is 443 g/mol. The molecule has 0 atom stereocenters. The fraction of sp³-hybridized carbons (Fsp3) is 0.190. The number of aromatic nitrogens is 2. The molecule has 0 saturated heterocycles. The van der Waals surface area contributed by atoms with Crippen molar-refractivity contribution >= 4 is 35.0 Å². The van der Waals surface area contributed by atoms with Crippen molar-refractivity contribution in [3.8, 4) is 5.69 Å². The maximum absolute atomic E-state index is 5.96. The Bertz CT molecular complexity index is 1070. The lowest BCUT2D eigenvalue weighted by molar-refractivity contribution is 0.0672. The number of halogens is 1. The normalized spacial score (nSPS) is 13.9. The van der Waals surface area contributed by atoms with Gasteiger partial charge in [0.25, 0.3) is 5.90 Å². The van der Waals surface area contributed by atoms with Crippen molar-refractivity contribution in [3.05, 3.63) is 76.9 Å². The fourth-order valence-electron chi connectivity index (χ4n) is 2.86. The van der Waals surface area contributed by atoms with Gasteiger partial charge < -0.3 is 14.4 Å². The largest absolute Gasteiger partial charge is 0.470 e. The van der Waals surface area contributed by atoms with Crippen LogP contribution in [0, 0.1) is 0 Å². The average Bonchev–Trinajstić information content (AvgIpc) is 3.26. The third kappa shape index (κ3) is 4.77. The van der Waals surface area contributed by atoms with Crippen LogP contribution in [0.3, 0.4) is 0 Å². The van der Waals surface area contributed by atoms with Crippen molar-refractivity contribution in [2.45, 2.75) is 10.8 Å². The zero-order valence-corrected chi connectivity index (χ0v) is 17.8. The molecule has 0 aliphatic carbocycles. The molecular weight excluding hydrogens is 424 g/mol. The van der Waals surface area contributed by atoms with E-state index in [4.69, 9.17) is 26.0 Å². The van der Waals surface area contributed by atoms with Crippen LogP contribution in [0.4, 0.5) is 0 Å². The molecule has 0 saturated carbocycles. The van der Waals surface area contributed by atoms with Crippen LogP contribution in [-0.4, -0.2) is 41.7 Å². The molecular formula is C21H19ClN4O3S. The number of benzene rings is 2. The van der Waals surface area contributed by atoms with Gasteiger partial charge in [-0.3, -0.25) is 0 Å². The summed E-state index contributed by atoms with van der Waals surface area (Å²) in [7, 11) is 1.49. The summed E-state index contributed by atoms with van der Waals surface area (Å²) in [6.45, 7) is 0.832. The summed E-state index contributed by atoms with van der Waals surface area (Å²) in [6.07, 6.45) is 1.93. The maximum atomic E-state index is 5.96. The lowest BCUT2D eigenvalue weighted by Crippen LogP contribution is -2.26. The van der Waals surface area contributed by atoms with Crippen LogP contribution < -0.4 is 0 Å². The first-order valence-electron chi connectivity index (χ1n) is 9.21. The number of thioether (sulfide) groups is 1. The molecule has 4 rings (SSSR count). The SMILES string of the molecule is CO/N=C(/C1=NOCCO1)c1ccccc1CSc1ccn(-c2ccc(Cl)cc2)n1. The van der Waals surface area contributed by atoms with E-state index in [9.17, 15) is 0 Å². The Morgan fingerprint density at radius 3 is 2.77 bits per heavy atom. The van der Waals surface area contributed by atoms with E-state index >= 15 is 0 Å². The molecule has 30 heavy (non-hydrogen) atoms. The van der Waals surface area contributed by atoms with E-state index in [2.05, 4.69) is 15.4 Å². The molecule has 0 amide bonds. The Labute approximate surface area is 183 Å². The summed E-state index contributed by atoms with van der Waals surface area (Å²) in [4.78, 5) is 10.2. The molecule has 1 aliphatic rings. The highest BCUT2D eigenvalue weighted by Crippen LogP contribution is 2.25. The fourth-order valence-corrected chi connectivity index (χ4v) is 3.85. The second kappa shape index (κ2) is 9.69. The second-order valence-corrected chi connectivity index (χ2v) is 7.65. The van der Waals surface area contributed by atoms with Crippen molar-refractivity contribution in [2.75, 3.05) is 20.3 Å². The van der Waals surface area contributed by atoms with E-state index in [0.29, 0.717) is 35.6 Å². The van der Waals surface area contributed by atoms with Crippen LogP contribution in [-0.2, 0) is 20.2 Å². The third-order valence-corrected chi connectivity index (χ3v) is 5.47. The van der Waals surface area contributed by atoms with Gasteiger partial charge in [-0.1, -0.05) is 52.8 Å². The van der Waals surface area contributed by atoms with Gasteiger partial charge in [0.15, 0.2) is 12.3 Å². The van der Waals surface area contributed by atoms with Crippen LogP contribution >= 0.6 is 23.4 Å². The molecule has 154 valence electrons. The molecule has 1 aromatic heterocycles. The number of nitrogens with zero attached hydrogens (tertiary/aromatic N) is 4. The van der Waals surface area contributed by atoms with Crippen molar-refractivity contribution in [3.63, 3.8) is 0 Å². The predicted molar refractivity (Wildman–Crippen MR) is 117 cm³/mol. The monoisotopic (exact) mass is 442 g/mol. The van der Waals surface area contributed by atoms with E-state index < -0.39 is 0 Å². The highest BCUT2D eigenvalue weighted by molar-refractivity contribution is 7.98. The summed E-state index contributed by atoms with van der Waals surface area (Å²) in [5.74, 6) is 0.998. The molecule has 0 radical (unpaired) electrons. The summed E-state index contributed by atoms with van der Waals surface area (Å²) >= 11 is 7.59. The van der Waals surface area contributed by atoms with Gasteiger partial charge in [-0.15, -0.1) is 0 Å². The molecule has 0 unspecified atom stereocenters. The molecule has 2 heterocycles. The minimum atomic E-state index is 0.313. The standard InChI is InChI=1S/C21H19ClN4O3S/c1-27-24-20(21-25-29-13-12-28-21)18-5-3-2-4-15(18)14-30-19-10-11-26(23-19)17-8-6-16(22)7-9-17/h2-11H,12-14H2,1H3/b24-20+. The molecule has 3 aromatic rings. The lowest BCUT2D eigenvalue weighted by atomic mass is 10.0. The molecule has 0 N–H and O–H groups in total. The zero-order valence-electron chi connectivity index (χ0n) is 16.2. The van der Waals surface area contributed by atoms with E-state index in [1.807, 2.05) is 65.5 Å². The first-order chi connectivity index (χ1) is 14.7. The topological polar surface area (TPSA) is 70.2 Å². The smallest absolute Gasteiger partial charge is 0.280 e. The van der Waals surface area contributed by atoms with Gasteiger partial charge in [-0.2, -0.15) is 5.10 Å². The van der Waals surface area contributed by atoms with E-state index in [-0.39, 0.29) is 0 Å². The van der Waals surface area contributed by atoms with Gasteiger partial charge in [0.2, 0.25) is 0 Å². The van der Waals surface area contributed by atoms with Crippen LogP contribution in [0.25, 0.3) is 5.69 Å². The Morgan fingerprint density at radius 1 is 1.17 bits per heavy atom. The van der Waals surface area contributed by atoms with Gasteiger partial charge in [0, 0.05) is 22.5 Å². The van der Waals surface area contributed by atoms with Gasteiger partial charge in [-0.05, 0) is 41.1 Å². The summed E-state index contributed by atoms with van der Waals surface area (Å²) in [6, 6.07) is 17.4. The minimum absolute atomic E-state index is 0.313. The lowest BCUT2D eigenvalue weighted by Gasteiger charge is -2.16. The molecule has 0 bridgehead atoms. The van der Waals surface area contributed by atoms with E-state index in [1.54, 1.807) is 11.8 Å². The quantitative estimate of drug-likeness (QED) is 0.305. The van der Waals surface area contributed by atoms with Crippen molar-refractivity contribution in [1.29, 1.82) is 0 Å². The van der Waals surface area contributed by atoms with Crippen LogP contribution in [0.2, 0.25) is 5.02 Å². The molecule has 9 heteroatoms. The summed E-state index contributed by atoms with van der Waals surface area (Å²) in [5.41, 5.74) is 3.37. The molecule has 7 nitrogen and oxygen atoms in total. The third-order valence-electron chi connectivity index (χ3n) is 4.25. The van der Waals surface area contributed by atoms with Gasteiger partial charge in [0.1, 0.15) is 18.7 Å². The Hall–Kier alpha value is -2.97. The molecule has 1 aliphatic heterocycles. The summed E-state index contributed by atoms with van der Waals surface area (Å²) in [5, 5.41) is 14.3. The highest BCUT2D eigenvalue weighted by atomic mass is 35.5. The maximum Gasteiger partial charge on any atom is 0.280 e. The Morgan fingerprint density at radius 2 is 2.00 bits per heavy atom. The molecule has 0 fully saturated rings. The predicted octanol–water partition coefficient (Wildman–Crippen LogP) is 4.53. The van der Waals surface area contributed by atoms with E-state index in [1.165, 1.54) is 7.11 Å². The van der Waals surface area contributed by atoms with Crippen molar-refractivity contribution < 1.29 is 14.4 Å². The number of hydrogen-bond donors (Lipinski definition) is 0. The van der Waals surface area contributed by atoms with Gasteiger partial charge >= 0.3 is 0 Å². The van der Waals surface area contributed by atoms with Gasteiger partial charge in [-0.25, -0.2) is 4.68 Å². The summed E-state index contributed by atoms with van der Waals surface area (Å²) < 4.78 is 7.43. The first-order valence-corrected chi connectivity index (χ1v) is 10.6. The Balaban J connectivity index is 1.53.